The second-order valence-electron chi connectivity index (χ2n) is 9.49. The van der Waals surface area contributed by atoms with Crippen LogP contribution in [0.4, 0.5) is 4.79 Å². The number of amides is 1. The summed E-state index contributed by atoms with van der Waals surface area (Å²) in [6.45, 7) is 8.27. The molecule has 1 amide bonds. The third-order valence-electron chi connectivity index (χ3n) is 6.76. The highest BCUT2D eigenvalue weighted by molar-refractivity contribution is 5.68. The number of hydrogen-bond acceptors (Lipinski definition) is 7. The van der Waals surface area contributed by atoms with Crippen LogP contribution in [-0.4, -0.2) is 51.4 Å². The maximum atomic E-state index is 12.8. The lowest BCUT2D eigenvalue weighted by Crippen LogP contribution is -2.44. The standard InChI is InChI=1S/C24H34N4O4/c1-16(2)20-5-4-17(3)14-21(20)31-24(29)28-12-8-19(9-13-28)30-15-22-26-23(27-32-22)18-6-10-25-11-7-18/h6-7,10-11,16-17,19-21H,4-5,8-9,12-15H2,1-3H3/t17?,20-,21+/m0/s1. The summed E-state index contributed by atoms with van der Waals surface area (Å²) in [5.41, 5.74) is 0.855. The fourth-order valence-corrected chi connectivity index (χ4v) is 4.78. The number of pyridine rings is 1. The molecule has 1 aliphatic carbocycles. The van der Waals surface area contributed by atoms with E-state index in [2.05, 4.69) is 35.9 Å². The fourth-order valence-electron chi connectivity index (χ4n) is 4.78. The van der Waals surface area contributed by atoms with Crippen LogP contribution >= 0.6 is 0 Å². The summed E-state index contributed by atoms with van der Waals surface area (Å²) >= 11 is 0. The Bertz CT molecular complexity index is 864. The molecule has 4 rings (SSSR count). The van der Waals surface area contributed by atoms with Gasteiger partial charge in [-0.05, 0) is 55.6 Å². The van der Waals surface area contributed by atoms with Crippen molar-refractivity contribution in [1.29, 1.82) is 0 Å². The molecule has 3 atom stereocenters. The van der Waals surface area contributed by atoms with Crippen molar-refractivity contribution >= 4 is 6.09 Å². The molecule has 1 unspecified atom stereocenters. The van der Waals surface area contributed by atoms with Gasteiger partial charge in [-0.25, -0.2) is 4.79 Å². The Hall–Kier alpha value is -2.48. The van der Waals surface area contributed by atoms with Crippen molar-refractivity contribution in [2.45, 2.75) is 71.7 Å². The topological polar surface area (TPSA) is 90.6 Å². The van der Waals surface area contributed by atoms with Crippen molar-refractivity contribution < 1.29 is 18.8 Å². The largest absolute Gasteiger partial charge is 0.446 e. The van der Waals surface area contributed by atoms with Crippen LogP contribution in [0.2, 0.25) is 0 Å². The first-order valence-corrected chi connectivity index (χ1v) is 11.8. The summed E-state index contributed by atoms with van der Waals surface area (Å²) in [7, 11) is 0. The SMILES string of the molecule is CC1CC[C@@H](C(C)C)[C@H](OC(=O)N2CCC(OCc3nc(-c4ccncc4)no3)CC2)C1. The van der Waals surface area contributed by atoms with Crippen LogP contribution in [0.15, 0.2) is 29.0 Å². The highest BCUT2D eigenvalue weighted by Gasteiger charge is 2.35. The molecule has 174 valence electrons. The summed E-state index contributed by atoms with van der Waals surface area (Å²) in [6, 6.07) is 3.67. The Labute approximate surface area is 189 Å². The normalized spacial score (nSPS) is 24.6. The molecule has 0 bridgehead atoms. The zero-order valence-corrected chi connectivity index (χ0v) is 19.3. The lowest BCUT2D eigenvalue weighted by molar-refractivity contribution is -0.0332. The van der Waals surface area contributed by atoms with Gasteiger partial charge in [0.25, 0.3) is 5.89 Å². The minimum Gasteiger partial charge on any atom is -0.446 e. The molecule has 0 aromatic carbocycles. The Morgan fingerprint density at radius 2 is 1.94 bits per heavy atom. The number of ether oxygens (including phenoxy) is 2. The van der Waals surface area contributed by atoms with Gasteiger partial charge in [0.2, 0.25) is 5.82 Å². The number of rotatable bonds is 6. The smallest absolute Gasteiger partial charge is 0.410 e. The summed E-state index contributed by atoms with van der Waals surface area (Å²) in [6.07, 6.45) is 8.20. The number of nitrogens with zero attached hydrogens (tertiary/aromatic N) is 4. The molecule has 2 fully saturated rings. The second kappa shape index (κ2) is 10.4. The molecular formula is C24H34N4O4. The van der Waals surface area contributed by atoms with E-state index in [0.717, 1.165) is 31.2 Å². The average Bonchev–Trinajstić information content (AvgIpc) is 3.27. The Kier molecular flexibility index (Phi) is 7.40. The van der Waals surface area contributed by atoms with Gasteiger partial charge in [0.05, 0.1) is 6.10 Å². The van der Waals surface area contributed by atoms with Gasteiger partial charge in [-0.3, -0.25) is 4.98 Å². The molecule has 1 saturated heterocycles. The first-order valence-electron chi connectivity index (χ1n) is 11.8. The van der Waals surface area contributed by atoms with E-state index in [1.54, 1.807) is 12.4 Å². The molecule has 32 heavy (non-hydrogen) atoms. The second-order valence-corrected chi connectivity index (χ2v) is 9.49. The zero-order valence-electron chi connectivity index (χ0n) is 19.3. The van der Waals surface area contributed by atoms with Crippen LogP contribution in [0.1, 0.15) is 58.8 Å². The third-order valence-corrected chi connectivity index (χ3v) is 6.76. The number of aromatic nitrogens is 3. The highest BCUT2D eigenvalue weighted by Crippen LogP contribution is 2.35. The fraction of sp³-hybridized carbons (Fsp3) is 0.667. The summed E-state index contributed by atoms with van der Waals surface area (Å²) in [5, 5.41) is 4.00. The Morgan fingerprint density at radius 3 is 2.66 bits per heavy atom. The quantitative estimate of drug-likeness (QED) is 0.640. The van der Waals surface area contributed by atoms with Gasteiger partial charge in [-0.2, -0.15) is 4.98 Å². The molecule has 0 radical (unpaired) electrons. The molecule has 0 spiro atoms. The molecule has 1 aliphatic heterocycles. The monoisotopic (exact) mass is 442 g/mol. The average molecular weight is 443 g/mol. The van der Waals surface area contributed by atoms with Crippen LogP contribution in [-0.2, 0) is 16.1 Å². The van der Waals surface area contributed by atoms with E-state index in [0.29, 0.717) is 42.6 Å². The van der Waals surface area contributed by atoms with Gasteiger partial charge < -0.3 is 18.9 Å². The van der Waals surface area contributed by atoms with Crippen LogP contribution in [0.3, 0.4) is 0 Å². The molecule has 3 heterocycles. The minimum absolute atomic E-state index is 0.0346. The molecule has 0 N–H and O–H groups in total. The van der Waals surface area contributed by atoms with E-state index < -0.39 is 0 Å². The molecule has 2 aromatic heterocycles. The maximum Gasteiger partial charge on any atom is 0.410 e. The van der Waals surface area contributed by atoms with Crippen molar-refractivity contribution in [3.05, 3.63) is 30.4 Å². The Morgan fingerprint density at radius 1 is 1.19 bits per heavy atom. The number of likely N-dealkylation sites (tertiary alicyclic amines) is 1. The van der Waals surface area contributed by atoms with E-state index in [9.17, 15) is 4.79 Å². The number of carbonyl (C=O) groups excluding carboxylic acids is 1. The summed E-state index contributed by atoms with van der Waals surface area (Å²) < 4.78 is 17.3. The van der Waals surface area contributed by atoms with Gasteiger partial charge in [0.15, 0.2) is 0 Å². The van der Waals surface area contributed by atoms with Gasteiger partial charge in [-0.1, -0.05) is 32.3 Å². The van der Waals surface area contributed by atoms with E-state index in [1.807, 2.05) is 17.0 Å². The predicted octanol–water partition coefficient (Wildman–Crippen LogP) is 4.71. The van der Waals surface area contributed by atoms with E-state index in [-0.39, 0.29) is 24.9 Å². The van der Waals surface area contributed by atoms with Crippen molar-refractivity contribution in [3.8, 4) is 11.4 Å². The van der Waals surface area contributed by atoms with E-state index in [1.165, 1.54) is 6.42 Å². The van der Waals surface area contributed by atoms with Crippen LogP contribution < -0.4 is 0 Å². The molecule has 2 aliphatic rings. The van der Waals surface area contributed by atoms with Crippen LogP contribution in [0.5, 0.6) is 0 Å². The Balaban J connectivity index is 1.22. The predicted molar refractivity (Wildman–Crippen MR) is 119 cm³/mol. The van der Waals surface area contributed by atoms with Crippen molar-refractivity contribution in [3.63, 3.8) is 0 Å². The van der Waals surface area contributed by atoms with Crippen molar-refractivity contribution in [2.75, 3.05) is 13.1 Å². The van der Waals surface area contributed by atoms with Crippen LogP contribution in [0.25, 0.3) is 11.4 Å². The first kappa shape index (κ1) is 22.7. The maximum absolute atomic E-state index is 12.8. The molecular weight excluding hydrogens is 408 g/mol. The van der Waals surface area contributed by atoms with Gasteiger partial charge in [0.1, 0.15) is 12.7 Å². The van der Waals surface area contributed by atoms with E-state index >= 15 is 0 Å². The molecule has 2 aromatic rings. The van der Waals surface area contributed by atoms with Crippen molar-refractivity contribution in [1.82, 2.24) is 20.0 Å². The van der Waals surface area contributed by atoms with Crippen LogP contribution in [0, 0.1) is 17.8 Å². The number of carbonyl (C=O) groups is 1. The van der Waals surface area contributed by atoms with Gasteiger partial charge in [0, 0.05) is 31.0 Å². The highest BCUT2D eigenvalue weighted by atomic mass is 16.6. The summed E-state index contributed by atoms with van der Waals surface area (Å²) in [5.74, 6) is 2.58. The lowest BCUT2D eigenvalue weighted by Gasteiger charge is -2.38. The zero-order chi connectivity index (χ0) is 22.5. The van der Waals surface area contributed by atoms with Crippen molar-refractivity contribution in [2.24, 2.45) is 17.8 Å². The molecule has 8 nitrogen and oxygen atoms in total. The van der Waals surface area contributed by atoms with Gasteiger partial charge >= 0.3 is 6.09 Å². The lowest BCUT2D eigenvalue weighted by atomic mass is 9.75. The van der Waals surface area contributed by atoms with Gasteiger partial charge in [-0.15, -0.1) is 0 Å². The molecule has 8 heteroatoms. The minimum atomic E-state index is -0.174. The third kappa shape index (κ3) is 5.65. The number of piperidine rings is 1. The van der Waals surface area contributed by atoms with E-state index in [4.69, 9.17) is 14.0 Å². The number of hydrogen-bond donors (Lipinski definition) is 0. The summed E-state index contributed by atoms with van der Waals surface area (Å²) in [4.78, 5) is 23.0. The molecule has 1 saturated carbocycles. The first-order chi connectivity index (χ1) is 15.5.